The van der Waals surface area contributed by atoms with E-state index in [-0.39, 0.29) is 40.3 Å². The van der Waals surface area contributed by atoms with Crippen LogP contribution in [0.4, 0.5) is 4.39 Å². The number of thioether (sulfide) groups is 1. The van der Waals surface area contributed by atoms with Crippen molar-refractivity contribution < 1.29 is 17.6 Å². The molecule has 0 aliphatic carbocycles. The molecule has 0 aromatic heterocycles. The summed E-state index contributed by atoms with van der Waals surface area (Å²) < 4.78 is 35.7. The van der Waals surface area contributed by atoms with E-state index < -0.39 is 9.84 Å². The number of hydrogen-bond donors (Lipinski definition) is 0. The molecule has 122 valence electrons. The molecule has 0 bridgehead atoms. The van der Waals surface area contributed by atoms with E-state index in [2.05, 4.69) is 0 Å². The average Bonchev–Trinajstić information content (AvgIpc) is 2.83. The first-order valence-electron chi connectivity index (χ1n) is 7.11. The molecule has 1 aliphatic heterocycles. The van der Waals surface area contributed by atoms with Crippen LogP contribution < -0.4 is 0 Å². The van der Waals surface area contributed by atoms with Crippen molar-refractivity contribution in [1.82, 2.24) is 4.90 Å². The molecule has 1 heterocycles. The third-order valence-electron chi connectivity index (χ3n) is 3.96. The topological polar surface area (TPSA) is 54.5 Å². The minimum atomic E-state index is -2.91. The summed E-state index contributed by atoms with van der Waals surface area (Å²) in [6, 6.07) is 5.94. The highest BCUT2D eigenvalue weighted by atomic mass is 32.2. The van der Waals surface area contributed by atoms with Crippen LogP contribution in [0.1, 0.15) is 24.9 Å². The van der Waals surface area contributed by atoms with E-state index >= 15 is 0 Å². The van der Waals surface area contributed by atoms with Gasteiger partial charge in [-0.2, -0.15) is 0 Å². The highest BCUT2D eigenvalue weighted by molar-refractivity contribution is 8.02. The van der Waals surface area contributed by atoms with Gasteiger partial charge in [-0.25, -0.2) is 12.8 Å². The van der Waals surface area contributed by atoms with Crippen molar-refractivity contribution in [3.05, 3.63) is 35.6 Å². The van der Waals surface area contributed by atoms with Crippen LogP contribution in [-0.2, 0) is 14.6 Å². The Morgan fingerprint density at radius 2 is 2.05 bits per heavy atom. The fourth-order valence-electron chi connectivity index (χ4n) is 2.36. The maximum atomic E-state index is 12.9. The number of carbonyl (C=O) groups excluding carboxylic acids is 1. The third kappa shape index (κ3) is 4.46. The Kier molecular flexibility index (Phi) is 5.50. The quantitative estimate of drug-likeness (QED) is 0.821. The Bertz CT molecular complexity index is 631. The average molecular weight is 345 g/mol. The molecular formula is C15H20FNO3S2. The molecule has 0 radical (unpaired) electrons. The molecule has 7 heteroatoms. The zero-order valence-electron chi connectivity index (χ0n) is 12.7. The van der Waals surface area contributed by atoms with Crippen LogP contribution in [0.25, 0.3) is 0 Å². The SMILES string of the molecule is CC(c1ccc(F)cc1)N(C)C(=O)CSC1CCS(=O)(=O)C1. The number of amides is 1. The standard InChI is InChI=1S/C15H20FNO3S2/c1-11(12-3-5-13(16)6-4-12)17(2)15(18)9-21-14-7-8-22(19,20)10-14/h3-6,11,14H,7-10H2,1-2H3. The van der Waals surface area contributed by atoms with Crippen molar-refractivity contribution in [2.75, 3.05) is 24.3 Å². The molecule has 0 spiro atoms. The summed E-state index contributed by atoms with van der Waals surface area (Å²) in [7, 11) is -1.20. The second kappa shape index (κ2) is 7.00. The first-order chi connectivity index (χ1) is 10.3. The lowest BCUT2D eigenvalue weighted by Gasteiger charge is -2.25. The van der Waals surface area contributed by atoms with Gasteiger partial charge in [0.15, 0.2) is 9.84 Å². The number of halogens is 1. The number of nitrogens with zero attached hydrogens (tertiary/aromatic N) is 1. The summed E-state index contributed by atoms with van der Waals surface area (Å²) in [5, 5.41) is 0.0171. The van der Waals surface area contributed by atoms with Gasteiger partial charge < -0.3 is 4.90 Å². The lowest BCUT2D eigenvalue weighted by Crippen LogP contribution is -2.31. The minimum Gasteiger partial charge on any atom is -0.338 e. The van der Waals surface area contributed by atoms with Gasteiger partial charge in [-0.15, -0.1) is 11.8 Å². The summed E-state index contributed by atoms with van der Waals surface area (Å²) in [5.41, 5.74) is 0.866. The van der Waals surface area contributed by atoms with Gasteiger partial charge in [0.1, 0.15) is 5.82 Å². The Morgan fingerprint density at radius 3 is 2.59 bits per heavy atom. The molecule has 1 saturated heterocycles. The molecule has 0 N–H and O–H groups in total. The van der Waals surface area contributed by atoms with E-state index in [4.69, 9.17) is 0 Å². The van der Waals surface area contributed by atoms with Gasteiger partial charge in [-0.05, 0) is 31.0 Å². The van der Waals surface area contributed by atoms with Crippen LogP contribution in [0.15, 0.2) is 24.3 Å². The Labute approximate surface area is 135 Å². The summed E-state index contributed by atoms with van der Waals surface area (Å²) in [4.78, 5) is 13.8. The number of carbonyl (C=O) groups is 1. The Hall–Kier alpha value is -1.08. The number of benzene rings is 1. The van der Waals surface area contributed by atoms with Gasteiger partial charge >= 0.3 is 0 Å². The van der Waals surface area contributed by atoms with Crippen molar-refractivity contribution in [1.29, 1.82) is 0 Å². The van der Waals surface area contributed by atoms with Gasteiger partial charge in [-0.3, -0.25) is 4.79 Å². The third-order valence-corrected chi connectivity index (χ3v) is 7.23. The molecule has 1 aromatic carbocycles. The first-order valence-corrected chi connectivity index (χ1v) is 9.98. The molecule has 2 rings (SSSR count). The van der Waals surface area contributed by atoms with Crippen molar-refractivity contribution in [3.8, 4) is 0 Å². The van der Waals surface area contributed by atoms with E-state index in [0.29, 0.717) is 6.42 Å². The monoisotopic (exact) mass is 345 g/mol. The summed E-state index contributed by atoms with van der Waals surface area (Å²) in [6.45, 7) is 1.88. The Morgan fingerprint density at radius 1 is 1.41 bits per heavy atom. The van der Waals surface area contributed by atoms with Crippen LogP contribution >= 0.6 is 11.8 Å². The largest absolute Gasteiger partial charge is 0.338 e. The summed E-state index contributed by atoms with van der Waals surface area (Å²) >= 11 is 1.41. The maximum Gasteiger partial charge on any atom is 0.232 e. The van der Waals surface area contributed by atoms with Crippen molar-refractivity contribution >= 4 is 27.5 Å². The second-order valence-electron chi connectivity index (χ2n) is 5.57. The van der Waals surface area contributed by atoms with Crippen LogP contribution in [0, 0.1) is 5.82 Å². The van der Waals surface area contributed by atoms with E-state index in [1.807, 2.05) is 6.92 Å². The molecule has 1 amide bonds. The smallest absolute Gasteiger partial charge is 0.232 e. The van der Waals surface area contributed by atoms with Crippen LogP contribution in [-0.4, -0.2) is 48.8 Å². The van der Waals surface area contributed by atoms with Gasteiger partial charge in [0.05, 0.1) is 23.3 Å². The molecular weight excluding hydrogens is 325 g/mol. The van der Waals surface area contributed by atoms with Gasteiger partial charge in [-0.1, -0.05) is 12.1 Å². The predicted octanol–water partition coefficient (Wildman–Crippen LogP) is 2.27. The molecule has 22 heavy (non-hydrogen) atoms. The number of hydrogen-bond acceptors (Lipinski definition) is 4. The zero-order valence-corrected chi connectivity index (χ0v) is 14.3. The normalized spacial score (nSPS) is 21.5. The number of sulfone groups is 1. The molecule has 1 aromatic rings. The molecule has 4 nitrogen and oxygen atoms in total. The summed E-state index contributed by atoms with van der Waals surface area (Å²) in [6.07, 6.45) is 0.623. The van der Waals surface area contributed by atoms with Gasteiger partial charge in [0.2, 0.25) is 5.91 Å². The van der Waals surface area contributed by atoms with Crippen LogP contribution in [0.2, 0.25) is 0 Å². The van der Waals surface area contributed by atoms with Gasteiger partial charge in [0.25, 0.3) is 0 Å². The molecule has 2 unspecified atom stereocenters. The van der Waals surface area contributed by atoms with Crippen LogP contribution in [0.5, 0.6) is 0 Å². The summed E-state index contributed by atoms with van der Waals surface area (Å²) in [5.74, 6) is 0.305. The van der Waals surface area contributed by atoms with E-state index in [1.165, 1.54) is 23.9 Å². The molecule has 0 saturated carbocycles. The lowest BCUT2D eigenvalue weighted by atomic mass is 10.1. The molecule has 1 fully saturated rings. The number of rotatable bonds is 5. The highest BCUT2D eigenvalue weighted by Gasteiger charge is 2.29. The second-order valence-corrected chi connectivity index (χ2v) is 9.09. The maximum absolute atomic E-state index is 12.9. The minimum absolute atomic E-state index is 0.0171. The lowest BCUT2D eigenvalue weighted by molar-refractivity contribution is -0.128. The highest BCUT2D eigenvalue weighted by Crippen LogP contribution is 2.26. The van der Waals surface area contributed by atoms with E-state index in [0.717, 1.165) is 5.56 Å². The Balaban J connectivity index is 1.87. The van der Waals surface area contributed by atoms with E-state index in [9.17, 15) is 17.6 Å². The van der Waals surface area contributed by atoms with Crippen molar-refractivity contribution in [2.24, 2.45) is 0 Å². The molecule has 2 atom stereocenters. The van der Waals surface area contributed by atoms with Crippen molar-refractivity contribution in [2.45, 2.75) is 24.6 Å². The van der Waals surface area contributed by atoms with Crippen LogP contribution in [0.3, 0.4) is 0 Å². The first kappa shape index (κ1) is 17.3. The van der Waals surface area contributed by atoms with Crippen molar-refractivity contribution in [3.63, 3.8) is 0 Å². The van der Waals surface area contributed by atoms with Gasteiger partial charge in [0, 0.05) is 12.3 Å². The fraction of sp³-hybridized carbons (Fsp3) is 0.533. The zero-order chi connectivity index (χ0) is 16.3. The fourth-order valence-corrected chi connectivity index (χ4v) is 5.93. The predicted molar refractivity (Wildman–Crippen MR) is 87.1 cm³/mol. The van der Waals surface area contributed by atoms with E-state index in [1.54, 1.807) is 24.1 Å². The molecule has 1 aliphatic rings.